The molecule has 4 rings (SSSR count). The van der Waals surface area contributed by atoms with Crippen LogP contribution in [-0.2, 0) is 0 Å². The first-order chi connectivity index (χ1) is 12.2. The van der Waals surface area contributed by atoms with Crippen LogP contribution in [0.3, 0.4) is 0 Å². The van der Waals surface area contributed by atoms with Gasteiger partial charge < -0.3 is 14.2 Å². The summed E-state index contributed by atoms with van der Waals surface area (Å²) in [6.07, 6.45) is 4.04. The van der Waals surface area contributed by atoms with Crippen molar-refractivity contribution in [3.8, 4) is 0 Å². The van der Waals surface area contributed by atoms with E-state index in [2.05, 4.69) is 11.8 Å². The smallest absolute Gasteiger partial charge is 0.349 e. The maximum Gasteiger partial charge on any atom is 0.349 e. The van der Waals surface area contributed by atoms with Crippen LogP contribution in [0.2, 0.25) is 0 Å². The van der Waals surface area contributed by atoms with Crippen molar-refractivity contribution in [1.82, 2.24) is 9.80 Å². The second kappa shape index (κ2) is 6.64. The zero-order chi connectivity index (χ0) is 17.4. The Hall–Kier alpha value is -2.14. The van der Waals surface area contributed by atoms with Gasteiger partial charge in [-0.2, -0.15) is 0 Å². The van der Waals surface area contributed by atoms with E-state index in [0.717, 1.165) is 50.7 Å². The van der Waals surface area contributed by atoms with Gasteiger partial charge in [-0.05, 0) is 44.4 Å². The van der Waals surface area contributed by atoms with Crippen molar-refractivity contribution in [2.24, 2.45) is 0 Å². The van der Waals surface area contributed by atoms with Crippen molar-refractivity contribution in [3.05, 3.63) is 46.3 Å². The summed E-state index contributed by atoms with van der Waals surface area (Å²) in [5.41, 5.74) is 0.169. The topological polar surface area (TPSA) is 53.8 Å². The Morgan fingerprint density at radius 3 is 2.52 bits per heavy atom. The number of para-hydroxylation sites is 1. The molecule has 1 aromatic carbocycles. The largest absolute Gasteiger partial charge is 0.422 e. The number of carbonyl (C=O) groups is 1. The number of fused-ring (bicyclic) bond motifs is 1. The standard InChI is InChI=1S/C20H24N2O3/c1-2-21-11-9-16(10-12-21)22(15-7-8-15)19(23)17-13-14-5-3-4-6-18(14)25-20(17)24/h3-6,13,15-16H,2,7-12H2,1H3. The summed E-state index contributed by atoms with van der Waals surface area (Å²) in [6.45, 7) is 5.26. The lowest BCUT2D eigenvalue weighted by molar-refractivity contribution is 0.0550. The van der Waals surface area contributed by atoms with E-state index in [4.69, 9.17) is 4.42 Å². The van der Waals surface area contributed by atoms with Crippen LogP contribution in [-0.4, -0.2) is 47.4 Å². The molecular formula is C20H24N2O3. The molecule has 0 atom stereocenters. The third kappa shape index (κ3) is 3.21. The molecule has 0 radical (unpaired) electrons. The maximum absolute atomic E-state index is 13.2. The molecular weight excluding hydrogens is 316 g/mol. The van der Waals surface area contributed by atoms with Crippen molar-refractivity contribution in [3.63, 3.8) is 0 Å². The van der Waals surface area contributed by atoms with Gasteiger partial charge in [0.05, 0.1) is 0 Å². The summed E-state index contributed by atoms with van der Waals surface area (Å²) in [7, 11) is 0. The molecule has 2 aliphatic rings. The monoisotopic (exact) mass is 340 g/mol. The van der Waals surface area contributed by atoms with Crippen LogP contribution in [0.5, 0.6) is 0 Å². The Bertz CT molecular complexity index is 832. The number of nitrogens with zero attached hydrogens (tertiary/aromatic N) is 2. The number of benzene rings is 1. The molecule has 132 valence electrons. The molecule has 0 N–H and O–H groups in total. The third-order valence-electron chi connectivity index (χ3n) is 5.44. The lowest BCUT2D eigenvalue weighted by Gasteiger charge is -2.38. The average Bonchev–Trinajstić information content (AvgIpc) is 3.46. The summed E-state index contributed by atoms with van der Waals surface area (Å²) in [5, 5.41) is 0.794. The van der Waals surface area contributed by atoms with Gasteiger partial charge in [0, 0.05) is 30.6 Å². The van der Waals surface area contributed by atoms with Gasteiger partial charge in [0.15, 0.2) is 0 Å². The molecule has 0 unspecified atom stereocenters. The summed E-state index contributed by atoms with van der Waals surface area (Å²) < 4.78 is 5.37. The number of amides is 1. The molecule has 0 spiro atoms. The van der Waals surface area contributed by atoms with E-state index in [0.29, 0.717) is 5.58 Å². The molecule has 1 aliphatic carbocycles. The highest BCUT2D eigenvalue weighted by Gasteiger charge is 2.39. The van der Waals surface area contributed by atoms with Gasteiger partial charge in [-0.1, -0.05) is 25.1 Å². The molecule has 5 heteroatoms. The first-order valence-electron chi connectivity index (χ1n) is 9.25. The average molecular weight is 340 g/mol. The van der Waals surface area contributed by atoms with Gasteiger partial charge >= 0.3 is 5.63 Å². The molecule has 25 heavy (non-hydrogen) atoms. The van der Waals surface area contributed by atoms with Crippen LogP contribution in [0.1, 0.15) is 43.0 Å². The molecule has 1 saturated heterocycles. The number of piperidine rings is 1. The van der Waals surface area contributed by atoms with Crippen molar-refractivity contribution in [2.75, 3.05) is 19.6 Å². The molecule has 1 amide bonds. The molecule has 2 fully saturated rings. The lowest BCUT2D eigenvalue weighted by atomic mass is 10.0. The van der Waals surface area contributed by atoms with Crippen molar-refractivity contribution in [2.45, 2.75) is 44.7 Å². The van der Waals surface area contributed by atoms with Crippen LogP contribution in [0.4, 0.5) is 0 Å². The second-order valence-corrected chi connectivity index (χ2v) is 7.09. The van der Waals surface area contributed by atoms with Crippen LogP contribution in [0.25, 0.3) is 11.0 Å². The van der Waals surface area contributed by atoms with E-state index in [9.17, 15) is 9.59 Å². The van der Waals surface area contributed by atoms with Crippen LogP contribution < -0.4 is 5.63 Å². The lowest BCUT2D eigenvalue weighted by Crippen LogP contribution is -2.49. The third-order valence-corrected chi connectivity index (χ3v) is 5.44. The predicted molar refractivity (Wildman–Crippen MR) is 96.8 cm³/mol. The number of hydrogen-bond acceptors (Lipinski definition) is 4. The van der Waals surface area contributed by atoms with E-state index in [1.165, 1.54) is 0 Å². The summed E-state index contributed by atoms with van der Waals surface area (Å²) >= 11 is 0. The number of carbonyl (C=O) groups excluding carboxylic acids is 1. The normalized spacial score (nSPS) is 19.2. The highest BCUT2D eigenvalue weighted by Crippen LogP contribution is 2.33. The molecule has 2 aromatic rings. The minimum absolute atomic E-state index is 0.156. The fourth-order valence-corrected chi connectivity index (χ4v) is 3.85. The van der Waals surface area contributed by atoms with E-state index in [1.54, 1.807) is 12.1 Å². The molecule has 1 aliphatic heterocycles. The van der Waals surface area contributed by atoms with E-state index in [1.807, 2.05) is 23.1 Å². The second-order valence-electron chi connectivity index (χ2n) is 7.09. The van der Waals surface area contributed by atoms with Crippen molar-refractivity contribution in [1.29, 1.82) is 0 Å². The first kappa shape index (κ1) is 16.3. The Morgan fingerprint density at radius 1 is 1.16 bits per heavy atom. The van der Waals surface area contributed by atoms with Gasteiger partial charge in [0.25, 0.3) is 5.91 Å². The van der Waals surface area contributed by atoms with Gasteiger partial charge in [0.1, 0.15) is 11.1 Å². The maximum atomic E-state index is 13.2. The Labute approximate surface area is 147 Å². The molecule has 5 nitrogen and oxygen atoms in total. The Balaban J connectivity index is 1.63. The zero-order valence-electron chi connectivity index (χ0n) is 14.6. The SMILES string of the molecule is CCN1CCC(N(C(=O)c2cc3ccccc3oc2=O)C2CC2)CC1. The highest BCUT2D eigenvalue weighted by molar-refractivity contribution is 5.97. The van der Waals surface area contributed by atoms with Crippen molar-refractivity contribution >= 4 is 16.9 Å². The van der Waals surface area contributed by atoms with Crippen LogP contribution in [0.15, 0.2) is 39.5 Å². The van der Waals surface area contributed by atoms with Gasteiger partial charge in [-0.3, -0.25) is 4.79 Å². The highest BCUT2D eigenvalue weighted by atomic mass is 16.4. The Kier molecular flexibility index (Phi) is 4.34. The zero-order valence-corrected chi connectivity index (χ0v) is 14.6. The van der Waals surface area contributed by atoms with E-state index in [-0.39, 0.29) is 23.6 Å². The minimum atomic E-state index is -0.527. The fourth-order valence-electron chi connectivity index (χ4n) is 3.85. The van der Waals surface area contributed by atoms with Crippen molar-refractivity contribution < 1.29 is 9.21 Å². The van der Waals surface area contributed by atoms with E-state index >= 15 is 0 Å². The Morgan fingerprint density at radius 2 is 1.84 bits per heavy atom. The summed E-state index contributed by atoms with van der Waals surface area (Å²) in [4.78, 5) is 30.0. The number of rotatable bonds is 4. The summed E-state index contributed by atoms with van der Waals surface area (Å²) in [6, 6.07) is 9.55. The number of hydrogen-bond donors (Lipinski definition) is 0. The van der Waals surface area contributed by atoms with E-state index < -0.39 is 5.63 Å². The molecule has 2 heterocycles. The number of likely N-dealkylation sites (tertiary alicyclic amines) is 1. The summed E-state index contributed by atoms with van der Waals surface area (Å²) in [5.74, 6) is -0.156. The fraction of sp³-hybridized carbons (Fsp3) is 0.500. The van der Waals surface area contributed by atoms with Crippen LogP contribution in [0, 0.1) is 0 Å². The molecule has 0 bridgehead atoms. The molecule has 1 saturated carbocycles. The minimum Gasteiger partial charge on any atom is -0.422 e. The van der Waals surface area contributed by atoms with Gasteiger partial charge in [0.2, 0.25) is 0 Å². The van der Waals surface area contributed by atoms with Gasteiger partial charge in [-0.15, -0.1) is 0 Å². The molecule has 1 aromatic heterocycles. The quantitative estimate of drug-likeness (QED) is 0.803. The predicted octanol–water partition coefficient (Wildman–Crippen LogP) is 2.88. The van der Waals surface area contributed by atoms with Crippen LogP contribution >= 0.6 is 0 Å². The first-order valence-corrected chi connectivity index (χ1v) is 9.25. The van der Waals surface area contributed by atoms with Gasteiger partial charge in [-0.25, -0.2) is 4.79 Å².